The number of ether oxygens (including phenoxy) is 1. The Labute approximate surface area is 167 Å². The van der Waals surface area contributed by atoms with Gasteiger partial charge in [-0.25, -0.2) is 0 Å². The summed E-state index contributed by atoms with van der Waals surface area (Å²) >= 11 is 0. The number of hydrogen-bond donors (Lipinski definition) is 1. The van der Waals surface area contributed by atoms with Crippen LogP contribution in [0.15, 0.2) is 30.3 Å². The average molecular weight is 386 g/mol. The molecule has 0 spiro atoms. The number of morpholine rings is 1. The van der Waals surface area contributed by atoms with Crippen molar-refractivity contribution in [1.82, 2.24) is 15.1 Å². The van der Waals surface area contributed by atoms with Crippen LogP contribution in [0.3, 0.4) is 0 Å². The Morgan fingerprint density at radius 2 is 1.64 bits per heavy atom. The molecule has 152 valence electrons. The third-order valence-corrected chi connectivity index (χ3v) is 6.24. The van der Waals surface area contributed by atoms with Gasteiger partial charge in [0.2, 0.25) is 11.8 Å². The first-order valence-corrected chi connectivity index (χ1v) is 10.7. The van der Waals surface area contributed by atoms with Crippen molar-refractivity contribution in [2.75, 3.05) is 45.9 Å². The second-order valence-corrected chi connectivity index (χ2v) is 8.19. The molecule has 0 unspecified atom stereocenters. The zero-order valence-corrected chi connectivity index (χ0v) is 16.5. The first kappa shape index (κ1) is 19.4. The second kappa shape index (κ2) is 9.05. The summed E-state index contributed by atoms with van der Waals surface area (Å²) in [6, 6.07) is 10.6. The number of nitrogens with one attached hydrogen (secondary N) is 1. The highest BCUT2D eigenvalue weighted by molar-refractivity contribution is 5.82. The van der Waals surface area contributed by atoms with Gasteiger partial charge in [-0.15, -0.1) is 0 Å². The molecule has 2 aliphatic heterocycles. The first-order valence-electron chi connectivity index (χ1n) is 10.7. The van der Waals surface area contributed by atoms with Crippen molar-refractivity contribution in [3.8, 4) is 0 Å². The van der Waals surface area contributed by atoms with Gasteiger partial charge >= 0.3 is 0 Å². The Morgan fingerprint density at radius 3 is 2.29 bits per heavy atom. The van der Waals surface area contributed by atoms with Gasteiger partial charge < -0.3 is 15.0 Å². The number of benzene rings is 1. The lowest BCUT2D eigenvalue weighted by molar-refractivity contribution is -0.136. The predicted molar refractivity (Wildman–Crippen MR) is 107 cm³/mol. The molecule has 1 saturated carbocycles. The number of carbonyl (C=O) groups is 2. The maximum atomic E-state index is 12.8. The van der Waals surface area contributed by atoms with E-state index in [1.54, 1.807) is 0 Å². The molecule has 2 heterocycles. The smallest absolute Gasteiger partial charge is 0.225 e. The zero-order chi connectivity index (χ0) is 19.3. The van der Waals surface area contributed by atoms with Crippen LogP contribution in [-0.2, 0) is 14.3 Å². The highest BCUT2D eigenvalue weighted by Gasteiger charge is 2.36. The molecule has 1 aromatic carbocycles. The van der Waals surface area contributed by atoms with E-state index in [-0.39, 0.29) is 23.8 Å². The summed E-state index contributed by atoms with van der Waals surface area (Å²) in [5.41, 5.74) is 1.23. The lowest BCUT2D eigenvalue weighted by Crippen LogP contribution is -2.47. The molecule has 3 fully saturated rings. The average Bonchev–Trinajstić information content (AvgIpc) is 3.60. The van der Waals surface area contributed by atoms with E-state index in [1.165, 1.54) is 5.56 Å². The van der Waals surface area contributed by atoms with Gasteiger partial charge in [0.1, 0.15) is 0 Å². The van der Waals surface area contributed by atoms with E-state index in [0.29, 0.717) is 12.5 Å². The van der Waals surface area contributed by atoms with Gasteiger partial charge in [0, 0.05) is 44.6 Å². The monoisotopic (exact) mass is 385 g/mol. The third kappa shape index (κ3) is 4.73. The molecule has 28 heavy (non-hydrogen) atoms. The summed E-state index contributed by atoms with van der Waals surface area (Å²) in [5.74, 6) is 0.720. The summed E-state index contributed by atoms with van der Waals surface area (Å²) in [5, 5.41) is 3.20. The van der Waals surface area contributed by atoms with Gasteiger partial charge in [0.25, 0.3) is 0 Å². The SMILES string of the molecule is O=C(NC[C@@H](c1ccccc1)N1CCOCC1)C1CCN(C(=O)C2CC2)CC1. The van der Waals surface area contributed by atoms with Crippen molar-refractivity contribution >= 4 is 11.8 Å². The number of rotatable bonds is 6. The van der Waals surface area contributed by atoms with Crippen LogP contribution in [0.2, 0.25) is 0 Å². The van der Waals surface area contributed by atoms with Crippen molar-refractivity contribution in [1.29, 1.82) is 0 Å². The van der Waals surface area contributed by atoms with Gasteiger partial charge in [0.15, 0.2) is 0 Å². The molecule has 1 atom stereocenters. The van der Waals surface area contributed by atoms with Crippen LogP contribution in [0, 0.1) is 11.8 Å². The van der Waals surface area contributed by atoms with Gasteiger partial charge in [-0.1, -0.05) is 30.3 Å². The quantitative estimate of drug-likeness (QED) is 0.812. The lowest BCUT2D eigenvalue weighted by atomic mass is 9.95. The van der Waals surface area contributed by atoms with Crippen LogP contribution in [0.5, 0.6) is 0 Å². The number of carbonyl (C=O) groups excluding carboxylic acids is 2. The Hall–Kier alpha value is -1.92. The third-order valence-electron chi connectivity index (χ3n) is 6.24. The van der Waals surface area contributed by atoms with Crippen molar-refractivity contribution in [2.45, 2.75) is 31.7 Å². The minimum atomic E-state index is 0.0179. The number of piperidine rings is 1. The van der Waals surface area contributed by atoms with Crippen LogP contribution >= 0.6 is 0 Å². The summed E-state index contributed by atoms with van der Waals surface area (Å²) in [6.45, 7) is 5.31. The van der Waals surface area contributed by atoms with Crippen molar-refractivity contribution in [3.05, 3.63) is 35.9 Å². The maximum absolute atomic E-state index is 12.8. The number of amides is 2. The van der Waals surface area contributed by atoms with E-state index >= 15 is 0 Å². The summed E-state index contributed by atoms with van der Waals surface area (Å²) in [4.78, 5) is 29.3. The zero-order valence-electron chi connectivity index (χ0n) is 16.5. The fourth-order valence-electron chi connectivity index (χ4n) is 4.31. The second-order valence-electron chi connectivity index (χ2n) is 8.19. The van der Waals surface area contributed by atoms with Gasteiger partial charge in [-0.2, -0.15) is 0 Å². The summed E-state index contributed by atoms with van der Waals surface area (Å²) in [7, 11) is 0. The molecule has 1 aliphatic carbocycles. The van der Waals surface area contributed by atoms with E-state index in [1.807, 2.05) is 11.0 Å². The molecule has 4 rings (SSSR count). The van der Waals surface area contributed by atoms with Gasteiger partial charge in [0.05, 0.1) is 19.3 Å². The molecule has 3 aliphatic rings. The first-order chi connectivity index (χ1) is 13.7. The fraction of sp³-hybridized carbons (Fsp3) is 0.636. The van der Waals surface area contributed by atoms with E-state index in [2.05, 4.69) is 34.5 Å². The lowest BCUT2D eigenvalue weighted by Gasteiger charge is -2.36. The highest BCUT2D eigenvalue weighted by atomic mass is 16.5. The van der Waals surface area contributed by atoms with Crippen molar-refractivity contribution in [2.24, 2.45) is 11.8 Å². The Morgan fingerprint density at radius 1 is 0.964 bits per heavy atom. The number of hydrogen-bond acceptors (Lipinski definition) is 4. The number of nitrogens with zero attached hydrogens (tertiary/aromatic N) is 2. The van der Waals surface area contributed by atoms with Gasteiger partial charge in [-0.3, -0.25) is 14.5 Å². The molecular weight excluding hydrogens is 354 g/mol. The van der Waals surface area contributed by atoms with Crippen molar-refractivity contribution in [3.63, 3.8) is 0 Å². The van der Waals surface area contributed by atoms with E-state index < -0.39 is 0 Å². The van der Waals surface area contributed by atoms with Crippen LogP contribution in [0.25, 0.3) is 0 Å². The minimum Gasteiger partial charge on any atom is -0.379 e. The largest absolute Gasteiger partial charge is 0.379 e. The van der Waals surface area contributed by atoms with Crippen LogP contribution in [0.1, 0.15) is 37.3 Å². The molecule has 6 nitrogen and oxygen atoms in total. The topological polar surface area (TPSA) is 61.9 Å². The molecule has 2 saturated heterocycles. The molecule has 1 aromatic rings. The predicted octanol–water partition coefficient (Wildman–Crippen LogP) is 1.82. The van der Waals surface area contributed by atoms with E-state index in [9.17, 15) is 9.59 Å². The maximum Gasteiger partial charge on any atom is 0.225 e. The summed E-state index contributed by atoms with van der Waals surface area (Å²) in [6.07, 6.45) is 3.64. The molecule has 0 radical (unpaired) electrons. The molecular formula is C22H31N3O3. The van der Waals surface area contributed by atoms with Crippen LogP contribution in [0.4, 0.5) is 0 Å². The Bertz CT molecular complexity index is 663. The molecule has 0 bridgehead atoms. The van der Waals surface area contributed by atoms with Crippen LogP contribution in [-0.4, -0.2) is 67.6 Å². The van der Waals surface area contributed by atoms with E-state index in [4.69, 9.17) is 4.74 Å². The standard InChI is InChI=1S/C22H31N3O3/c26-21(18-8-10-25(11-9-18)22(27)19-6-7-19)23-16-20(17-4-2-1-3-5-17)24-12-14-28-15-13-24/h1-5,18-20H,6-16H2,(H,23,26)/t20-/m0/s1. The Balaban J connectivity index is 1.30. The molecule has 2 amide bonds. The fourth-order valence-corrected chi connectivity index (χ4v) is 4.31. The number of likely N-dealkylation sites (tertiary alicyclic amines) is 1. The van der Waals surface area contributed by atoms with Gasteiger partial charge in [-0.05, 0) is 31.2 Å². The highest BCUT2D eigenvalue weighted by Crippen LogP contribution is 2.32. The molecule has 1 N–H and O–H groups in total. The normalized spacial score (nSPS) is 22.6. The minimum absolute atomic E-state index is 0.0179. The Kier molecular flexibility index (Phi) is 6.27. The molecule has 0 aromatic heterocycles. The summed E-state index contributed by atoms with van der Waals surface area (Å²) < 4.78 is 5.50. The molecule has 6 heteroatoms. The van der Waals surface area contributed by atoms with E-state index in [0.717, 1.165) is 65.1 Å². The van der Waals surface area contributed by atoms with Crippen molar-refractivity contribution < 1.29 is 14.3 Å². The van der Waals surface area contributed by atoms with Crippen LogP contribution < -0.4 is 5.32 Å².